The summed E-state index contributed by atoms with van der Waals surface area (Å²) < 4.78 is 0. The molecule has 1 aliphatic carbocycles. The zero-order valence-corrected chi connectivity index (χ0v) is 14.1. The van der Waals surface area contributed by atoms with E-state index in [2.05, 4.69) is 37.2 Å². The lowest BCUT2D eigenvalue weighted by Crippen LogP contribution is -2.63. The van der Waals surface area contributed by atoms with E-state index in [1.165, 1.54) is 6.42 Å². The molecule has 122 valence electrons. The summed E-state index contributed by atoms with van der Waals surface area (Å²) in [6.07, 6.45) is 4.14. The van der Waals surface area contributed by atoms with Crippen molar-refractivity contribution < 1.29 is 4.79 Å². The summed E-state index contributed by atoms with van der Waals surface area (Å²) in [6, 6.07) is 2.04. The van der Waals surface area contributed by atoms with Crippen molar-refractivity contribution in [2.24, 2.45) is 11.3 Å². The molecule has 2 saturated heterocycles. The average Bonchev–Trinajstić information content (AvgIpc) is 3.00. The lowest BCUT2D eigenvalue weighted by Gasteiger charge is -2.49. The van der Waals surface area contributed by atoms with Crippen LogP contribution in [0.25, 0.3) is 0 Å². The number of hydrogen-bond donors (Lipinski definition) is 1. The van der Waals surface area contributed by atoms with Crippen LogP contribution in [-0.4, -0.2) is 60.5 Å². The van der Waals surface area contributed by atoms with Crippen molar-refractivity contribution in [3.8, 4) is 6.07 Å². The predicted molar refractivity (Wildman–Crippen MR) is 85.1 cm³/mol. The summed E-state index contributed by atoms with van der Waals surface area (Å²) in [7, 11) is 2.18. The number of likely N-dealkylation sites (tertiary alicyclic amines) is 2. The monoisotopic (exact) mass is 304 g/mol. The fourth-order valence-corrected chi connectivity index (χ4v) is 5.04. The highest BCUT2D eigenvalue weighted by atomic mass is 16.2. The molecule has 2 heterocycles. The van der Waals surface area contributed by atoms with Crippen LogP contribution in [0.4, 0.5) is 0 Å². The Bertz CT molecular complexity index is 501. The number of rotatable bonds is 3. The van der Waals surface area contributed by atoms with E-state index in [0.717, 1.165) is 38.9 Å². The highest BCUT2D eigenvalue weighted by molar-refractivity contribution is 5.79. The normalized spacial score (nSPS) is 41.6. The minimum Gasteiger partial charge on any atom is -0.326 e. The minimum absolute atomic E-state index is 0.0548. The first-order valence-corrected chi connectivity index (χ1v) is 8.53. The number of carbonyl (C=O) groups is 1. The van der Waals surface area contributed by atoms with Gasteiger partial charge in [0, 0.05) is 25.2 Å². The Hall–Kier alpha value is -1.12. The van der Waals surface area contributed by atoms with Gasteiger partial charge in [0.2, 0.25) is 5.91 Å². The van der Waals surface area contributed by atoms with Gasteiger partial charge in [0.05, 0.1) is 12.6 Å². The lowest BCUT2D eigenvalue weighted by atomic mass is 9.71. The molecule has 1 amide bonds. The second kappa shape index (κ2) is 5.50. The van der Waals surface area contributed by atoms with Gasteiger partial charge in [0.25, 0.3) is 0 Å². The molecule has 0 aromatic heterocycles. The number of nitriles is 1. The van der Waals surface area contributed by atoms with Crippen LogP contribution >= 0.6 is 0 Å². The zero-order chi connectivity index (χ0) is 16.0. The summed E-state index contributed by atoms with van der Waals surface area (Å²) >= 11 is 0. The molecule has 2 bridgehead atoms. The van der Waals surface area contributed by atoms with E-state index >= 15 is 0 Å². The quantitative estimate of drug-likeness (QED) is 0.851. The second-order valence-electron chi connectivity index (χ2n) is 7.93. The number of hydrogen-bond acceptors (Lipinski definition) is 4. The van der Waals surface area contributed by atoms with E-state index in [1.807, 2.05) is 0 Å². The van der Waals surface area contributed by atoms with Gasteiger partial charge >= 0.3 is 0 Å². The molecule has 1 unspecified atom stereocenters. The fraction of sp³-hybridized carbons (Fsp3) is 0.882. The third-order valence-electron chi connectivity index (χ3n) is 6.51. The van der Waals surface area contributed by atoms with E-state index < -0.39 is 0 Å². The van der Waals surface area contributed by atoms with Gasteiger partial charge in [-0.25, -0.2) is 0 Å². The number of carbonyl (C=O) groups excluding carboxylic acids is 1. The highest BCUT2D eigenvalue weighted by Gasteiger charge is 2.56. The Morgan fingerprint density at radius 3 is 2.91 bits per heavy atom. The van der Waals surface area contributed by atoms with Crippen LogP contribution in [-0.2, 0) is 4.79 Å². The summed E-state index contributed by atoms with van der Waals surface area (Å²) in [5, 5.41) is 12.8. The first kappa shape index (κ1) is 15.8. The van der Waals surface area contributed by atoms with Gasteiger partial charge in [-0.1, -0.05) is 13.8 Å². The number of nitrogens with one attached hydrogen (secondary N) is 1. The standard InChI is InChI=1S/C17H28N4O/c1-13-16(2)6-7-17(13,12-20(3)11-16)19-10-15(22)21-8-4-5-14(21)9-18/h13-14,19H,4-8,10-12H2,1-3H3/t13?,14-,16-,17-/m0/s1. The van der Waals surface area contributed by atoms with Gasteiger partial charge < -0.3 is 15.1 Å². The third-order valence-corrected chi connectivity index (χ3v) is 6.51. The largest absolute Gasteiger partial charge is 0.326 e. The molecule has 0 aromatic rings. The van der Waals surface area contributed by atoms with Crippen molar-refractivity contribution in [3.05, 3.63) is 0 Å². The number of amides is 1. The topological polar surface area (TPSA) is 59.4 Å². The zero-order valence-electron chi connectivity index (χ0n) is 14.1. The van der Waals surface area contributed by atoms with Gasteiger partial charge in [0.1, 0.15) is 6.04 Å². The van der Waals surface area contributed by atoms with Crippen LogP contribution in [0.15, 0.2) is 0 Å². The fourth-order valence-electron chi connectivity index (χ4n) is 5.04. The molecule has 5 nitrogen and oxygen atoms in total. The van der Waals surface area contributed by atoms with Crippen molar-refractivity contribution in [1.29, 1.82) is 5.26 Å². The smallest absolute Gasteiger partial charge is 0.237 e. The maximum Gasteiger partial charge on any atom is 0.237 e. The number of fused-ring (bicyclic) bond motifs is 2. The first-order chi connectivity index (χ1) is 10.4. The Balaban J connectivity index is 1.66. The van der Waals surface area contributed by atoms with Crippen molar-refractivity contribution >= 4 is 5.91 Å². The van der Waals surface area contributed by atoms with E-state index in [4.69, 9.17) is 5.26 Å². The molecule has 2 aliphatic heterocycles. The Kier molecular flexibility index (Phi) is 3.94. The SMILES string of the molecule is CC1[C@@]2(C)CC[C@]1(NCC(=O)N1CCC[C@H]1C#N)CN(C)C2. The number of likely N-dealkylation sites (N-methyl/N-ethyl adjacent to an activating group) is 1. The first-order valence-electron chi connectivity index (χ1n) is 8.53. The molecule has 22 heavy (non-hydrogen) atoms. The maximum atomic E-state index is 12.5. The molecule has 3 rings (SSSR count). The van der Waals surface area contributed by atoms with Gasteiger partial charge in [-0.3, -0.25) is 4.79 Å². The van der Waals surface area contributed by atoms with Gasteiger partial charge in [-0.2, -0.15) is 5.26 Å². The van der Waals surface area contributed by atoms with E-state index in [-0.39, 0.29) is 17.5 Å². The van der Waals surface area contributed by atoms with Crippen molar-refractivity contribution in [1.82, 2.24) is 15.1 Å². The molecule has 3 aliphatic rings. The lowest BCUT2D eigenvalue weighted by molar-refractivity contribution is -0.131. The molecule has 5 heteroatoms. The van der Waals surface area contributed by atoms with Crippen LogP contribution in [0.5, 0.6) is 0 Å². The van der Waals surface area contributed by atoms with Gasteiger partial charge in [-0.05, 0) is 44.1 Å². The molecule has 3 fully saturated rings. The highest BCUT2D eigenvalue weighted by Crippen LogP contribution is 2.52. The Morgan fingerprint density at radius 2 is 2.18 bits per heavy atom. The third kappa shape index (κ3) is 2.43. The van der Waals surface area contributed by atoms with E-state index in [9.17, 15) is 4.79 Å². The van der Waals surface area contributed by atoms with Crippen LogP contribution in [0.3, 0.4) is 0 Å². The summed E-state index contributed by atoms with van der Waals surface area (Å²) in [5.41, 5.74) is 0.408. The van der Waals surface area contributed by atoms with Crippen LogP contribution < -0.4 is 5.32 Å². The summed E-state index contributed by atoms with van der Waals surface area (Å²) in [4.78, 5) is 16.7. The molecule has 1 saturated carbocycles. The van der Waals surface area contributed by atoms with E-state index in [0.29, 0.717) is 17.9 Å². The Morgan fingerprint density at radius 1 is 1.41 bits per heavy atom. The van der Waals surface area contributed by atoms with E-state index in [1.54, 1.807) is 4.90 Å². The molecule has 0 radical (unpaired) electrons. The maximum absolute atomic E-state index is 12.5. The molecule has 1 N–H and O–H groups in total. The molecule has 4 atom stereocenters. The van der Waals surface area contributed by atoms with Crippen LogP contribution in [0, 0.1) is 22.7 Å². The van der Waals surface area contributed by atoms with Crippen LogP contribution in [0.2, 0.25) is 0 Å². The van der Waals surface area contributed by atoms with Crippen LogP contribution in [0.1, 0.15) is 39.5 Å². The van der Waals surface area contributed by atoms with Gasteiger partial charge in [0.15, 0.2) is 0 Å². The van der Waals surface area contributed by atoms with Crippen molar-refractivity contribution in [2.75, 3.05) is 33.2 Å². The molecular weight excluding hydrogens is 276 g/mol. The Labute approximate surface area is 133 Å². The minimum atomic E-state index is -0.216. The molecule has 0 aromatic carbocycles. The summed E-state index contributed by atoms with van der Waals surface area (Å²) in [5.74, 6) is 0.668. The second-order valence-corrected chi connectivity index (χ2v) is 7.93. The number of nitrogens with zero attached hydrogens (tertiary/aromatic N) is 3. The molecule has 0 spiro atoms. The van der Waals surface area contributed by atoms with Crippen molar-refractivity contribution in [2.45, 2.75) is 51.1 Å². The predicted octanol–water partition coefficient (Wildman–Crippen LogP) is 1.21. The summed E-state index contributed by atoms with van der Waals surface area (Å²) in [6.45, 7) is 7.98. The molecular formula is C17H28N4O. The van der Waals surface area contributed by atoms with Crippen molar-refractivity contribution in [3.63, 3.8) is 0 Å². The average molecular weight is 304 g/mol. The van der Waals surface area contributed by atoms with Gasteiger partial charge in [-0.15, -0.1) is 0 Å². The number of piperidine rings is 1.